The van der Waals surface area contributed by atoms with Crippen LogP contribution < -0.4 is 4.74 Å². The summed E-state index contributed by atoms with van der Waals surface area (Å²) in [5.74, 6) is 0.888. The Morgan fingerprint density at radius 3 is 2.48 bits per heavy atom. The summed E-state index contributed by atoms with van der Waals surface area (Å²) in [5, 5.41) is 0. The van der Waals surface area contributed by atoms with Gasteiger partial charge in [-0.1, -0.05) is 24.6 Å². The van der Waals surface area contributed by atoms with Gasteiger partial charge in [-0.2, -0.15) is 0 Å². The normalized spacial score (nSPS) is 17.6. The van der Waals surface area contributed by atoms with Crippen LogP contribution in [0.5, 0.6) is 5.75 Å². The summed E-state index contributed by atoms with van der Waals surface area (Å²) in [5.41, 5.74) is 2.28. The molecule has 4 heteroatoms. The van der Waals surface area contributed by atoms with Crippen LogP contribution in [-0.4, -0.2) is 54.5 Å². The number of hydrogen-bond acceptors (Lipinski definition) is 3. The number of carbonyl (C=O) groups excluding carboxylic acids is 1. The van der Waals surface area contributed by atoms with E-state index in [-0.39, 0.29) is 5.91 Å². The molecule has 0 aliphatic carbocycles. The van der Waals surface area contributed by atoms with Gasteiger partial charge in [-0.15, -0.1) is 0 Å². The summed E-state index contributed by atoms with van der Waals surface area (Å²) in [6.07, 6.45) is -0.431. The molecule has 1 aliphatic rings. The predicted molar refractivity (Wildman–Crippen MR) is 84.7 cm³/mol. The van der Waals surface area contributed by atoms with E-state index in [1.807, 2.05) is 30.9 Å². The molecule has 0 saturated carbocycles. The van der Waals surface area contributed by atoms with Crippen LogP contribution in [0.25, 0.3) is 0 Å². The van der Waals surface area contributed by atoms with Crippen molar-refractivity contribution in [3.8, 4) is 5.75 Å². The fraction of sp³-hybridized carbons (Fsp3) is 0.588. The number of nitrogens with zero attached hydrogens (tertiary/aromatic N) is 2. The van der Waals surface area contributed by atoms with E-state index in [0.29, 0.717) is 0 Å². The van der Waals surface area contributed by atoms with Gasteiger partial charge in [-0.25, -0.2) is 0 Å². The SMILES string of the molecule is CCN1CCN(C(=O)C(C)Oc2ccc(C)cc2C)CC1. The number of benzene rings is 1. The summed E-state index contributed by atoms with van der Waals surface area (Å²) in [6, 6.07) is 6.04. The Labute approximate surface area is 127 Å². The van der Waals surface area contributed by atoms with Gasteiger partial charge in [-0.3, -0.25) is 4.79 Å². The molecular formula is C17H26N2O2. The molecule has 1 aromatic rings. The van der Waals surface area contributed by atoms with Crippen molar-refractivity contribution in [1.82, 2.24) is 9.80 Å². The largest absolute Gasteiger partial charge is 0.481 e. The van der Waals surface area contributed by atoms with E-state index in [2.05, 4.69) is 24.8 Å². The lowest BCUT2D eigenvalue weighted by atomic mass is 10.1. The molecular weight excluding hydrogens is 264 g/mol. The third kappa shape index (κ3) is 3.97. The number of amides is 1. The van der Waals surface area contributed by atoms with E-state index >= 15 is 0 Å². The van der Waals surface area contributed by atoms with Crippen LogP contribution in [0.1, 0.15) is 25.0 Å². The van der Waals surface area contributed by atoms with E-state index in [4.69, 9.17) is 4.74 Å². The number of hydrogen-bond donors (Lipinski definition) is 0. The number of ether oxygens (including phenoxy) is 1. The van der Waals surface area contributed by atoms with Crippen LogP contribution >= 0.6 is 0 Å². The first-order valence-corrected chi connectivity index (χ1v) is 7.76. The molecule has 1 amide bonds. The van der Waals surface area contributed by atoms with Gasteiger partial charge in [0.1, 0.15) is 5.75 Å². The lowest BCUT2D eigenvalue weighted by Crippen LogP contribution is -2.51. The Hall–Kier alpha value is -1.55. The molecule has 2 rings (SSSR count). The monoisotopic (exact) mass is 290 g/mol. The molecule has 1 fully saturated rings. The van der Waals surface area contributed by atoms with Crippen molar-refractivity contribution < 1.29 is 9.53 Å². The van der Waals surface area contributed by atoms with E-state index in [0.717, 1.165) is 44.0 Å². The fourth-order valence-electron chi connectivity index (χ4n) is 2.71. The highest BCUT2D eigenvalue weighted by Gasteiger charge is 2.25. The predicted octanol–water partition coefficient (Wildman–Crippen LogP) is 2.23. The third-order valence-corrected chi connectivity index (χ3v) is 4.11. The molecule has 0 N–H and O–H groups in total. The second-order valence-electron chi connectivity index (χ2n) is 5.79. The van der Waals surface area contributed by atoms with Gasteiger partial charge in [0.25, 0.3) is 5.91 Å². The van der Waals surface area contributed by atoms with Crippen LogP contribution in [0.15, 0.2) is 18.2 Å². The zero-order valence-corrected chi connectivity index (χ0v) is 13.6. The van der Waals surface area contributed by atoms with Crippen LogP contribution in [-0.2, 0) is 4.79 Å². The minimum Gasteiger partial charge on any atom is -0.481 e. The Bertz CT molecular complexity index is 494. The molecule has 0 spiro atoms. The van der Waals surface area contributed by atoms with E-state index in [1.54, 1.807) is 0 Å². The molecule has 0 aromatic heterocycles. The molecule has 0 radical (unpaired) electrons. The van der Waals surface area contributed by atoms with Gasteiger partial charge in [-0.05, 0) is 38.9 Å². The van der Waals surface area contributed by atoms with Gasteiger partial charge < -0.3 is 14.5 Å². The second-order valence-corrected chi connectivity index (χ2v) is 5.79. The summed E-state index contributed by atoms with van der Waals surface area (Å²) in [6.45, 7) is 12.6. The van der Waals surface area contributed by atoms with Crippen LogP contribution in [0.4, 0.5) is 0 Å². The molecule has 4 nitrogen and oxygen atoms in total. The standard InChI is InChI=1S/C17H26N2O2/c1-5-18-8-10-19(11-9-18)17(20)15(4)21-16-7-6-13(2)12-14(16)3/h6-7,12,15H,5,8-11H2,1-4H3. The van der Waals surface area contributed by atoms with Crippen molar-refractivity contribution in [2.75, 3.05) is 32.7 Å². The molecule has 21 heavy (non-hydrogen) atoms. The van der Waals surface area contributed by atoms with Crippen LogP contribution in [0, 0.1) is 13.8 Å². The van der Waals surface area contributed by atoms with Crippen molar-refractivity contribution in [3.63, 3.8) is 0 Å². The molecule has 116 valence electrons. The first-order chi connectivity index (χ1) is 10.0. The second kappa shape index (κ2) is 6.94. The number of piperazine rings is 1. The summed E-state index contributed by atoms with van der Waals surface area (Å²) >= 11 is 0. The van der Waals surface area contributed by atoms with Gasteiger partial charge in [0.05, 0.1) is 0 Å². The van der Waals surface area contributed by atoms with E-state index in [1.165, 1.54) is 5.56 Å². The molecule has 1 heterocycles. The van der Waals surface area contributed by atoms with Crippen LogP contribution in [0.3, 0.4) is 0 Å². The number of carbonyl (C=O) groups is 1. The number of aryl methyl sites for hydroxylation is 2. The molecule has 1 unspecified atom stereocenters. The minimum atomic E-state index is -0.431. The molecule has 1 atom stereocenters. The summed E-state index contributed by atoms with van der Waals surface area (Å²) < 4.78 is 5.86. The van der Waals surface area contributed by atoms with Gasteiger partial charge in [0.15, 0.2) is 6.10 Å². The average Bonchev–Trinajstić information content (AvgIpc) is 2.49. The highest BCUT2D eigenvalue weighted by molar-refractivity contribution is 5.81. The van der Waals surface area contributed by atoms with E-state index in [9.17, 15) is 4.79 Å². The van der Waals surface area contributed by atoms with Crippen LogP contribution in [0.2, 0.25) is 0 Å². The number of rotatable bonds is 4. The maximum atomic E-state index is 12.5. The first-order valence-electron chi connectivity index (χ1n) is 7.76. The molecule has 1 aromatic carbocycles. The van der Waals surface area contributed by atoms with Gasteiger partial charge >= 0.3 is 0 Å². The lowest BCUT2D eigenvalue weighted by molar-refractivity contribution is -0.139. The number of likely N-dealkylation sites (N-methyl/N-ethyl adjacent to an activating group) is 1. The van der Waals surface area contributed by atoms with Crippen molar-refractivity contribution in [2.45, 2.75) is 33.8 Å². The topological polar surface area (TPSA) is 32.8 Å². The van der Waals surface area contributed by atoms with Crippen molar-refractivity contribution in [3.05, 3.63) is 29.3 Å². The maximum Gasteiger partial charge on any atom is 0.263 e. The van der Waals surface area contributed by atoms with E-state index < -0.39 is 6.10 Å². The maximum absolute atomic E-state index is 12.5. The Morgan fingerprint density at radius 2 is 1.90 bits per heavy atom. The van der Waals surface area contributed by atoms with Crippen molar-refractivity contribution in [1.29, 1.82) is 0 Å². The molecule has 1 saturated heterocycles. The summed E-state index contributed by atoms with van der Waals surface area (Å²) in [4.78, 5) is 16.7. The first kappa shape index (κ1) is 15.8. The zero-order chi connectivity index (χ0) is 15.4. The summed E-state index contributed by atoms with van der Waals surface area (Å²) in [7, 11) is 0. The fourth-order valence-corrected chi connectivity index (χ4v) is 2.71. The van der Waals surface area contributed by atoms with Gasteiger partial charge in [0.2, 0.25) is 0 Å². The Balaban J connectivity index is 1.93. The smallest absolute Gasteiger partial charge is 0.263 e. The highest BCUT2D eigenvalue weighted by atomic mass is 16.5. The zero-order valence-electron chi connectivity index (χ0n) is 13.6. The molecule has 0 bridgehead atoms. The lowest BCUT2D eigenvalue weighted by Gasteiger charge is -2.35. The minimum absolute atomic E-state index is 0.0886. The van der Waals surface area contributed by atoms with Crippen molar-refractivity contribution in [2.24, 2.45) is 0 Å². The Morgan fingerprint density at radius 1 is 1.24 bits per heavy atom. The molecule has 1 aliphatic heterocycles. The quantitative estimate of drug-likeness (QED) is 0.852. The average molecular weight is 290 g/mol. The Kier molecular flexibility index (Phi) is 5.23. The highest BCUT2D eigenvalue weighted by Crippen LogP contribution is 2.20. The van der Waals surface area contributed by atoms with Crippen molar-refractivity contribution >= 4 is 5.91 Å². The van der Waals surface area contributed by atoms with Gasteiger partial charge in [0, 0.05) is 26.2 Å². The third-order valence-electron chi connectivity index (χ3n) is 4.11.